The Hall–Kier alpha value is -3.58. The maximum Gasteiger partial charge on any atom is 0.414 e. The Kier molecular flexibility index (Phi) is 5.58. The molecule has 0 spiro atoms. The van der Waals surface area contributed by atoms with Gasteiger partial charge < -0.3 is 4.74 Å². The van der Waals surface area contributed by atoms with Crippen LogP contribution in [0, 0.1) is 0 Å². The van der Waals surface area contributed by atoms with Gasteiger partial charge in [0.1, 0.15) is 13.3 Å². The quantitative estimate of drug-likeness (QED) is 0.793. The lowest BCUT2D eigenvalue weighted by Gasteiger charge is -2.22. The molecule has 2 heterocycles. The Morgan fingerprint density at radius 1 is 1.14 bits per heavy atom. The molecule has 2 aliphatic heterocycles. The van der Waals surface area contributed by atoms with Crippen LogP contribution in [0.3, 0.4) is 0 Å². The van der Waals surface area contributed by atoms with Crippen LogP contribution in [0.1, 0.15) is 11.1 Å². The van der Waals surface area contributed by atoms with Gasteiger partial charge in [0.2, 0.25) is 0 Å². The zero-order chi connectivity index (χ0) is 20.1. The lowest BCUT2D eigenvalue weighted by atomic mass is 10.0. The van der Waals surface area contributed by atoms with Crippen LogP contribution in [0.5, 0.6) is 0 Å². The summed E-state index contributed by atoms with van der Waals surface area (Å²) in [4.78, 5) is 19.0. The molecule has 0 radical (unpaired) electrons. The van der Waals surface area contributed by atoms with Crippen molar-refractivity contribution in [3.63, 3.8) is 0 Å². The monoisotopic (exact) mass is 393 g/mol. The van der Waals surface area contributed by atoms with E-state index in [1.807, 2.05) is 60.8 Å². The van der Waals surface area contributed by atoms with E-state index in [1.54, 1.807) is 23.4 Å². The summed E-state index contributed by atoms with van der Waals surface area (Å²) in [5.74, 6) is 0. The Balaban J connectivity index is 1.46. The number of amides is 1. The molecule has 0 unspecified atom stereocenters. The van der Waals surface area contributed by atoms with Crippen molar-refractivity contribution in [2.45, 2.75) is 6.61 Å². The second-order valence-corrected chi connectivity index (χ2v) is 6.45. The molecule has 2 aliphatic rings. The van der Waals surface area contributed by atoms with Crippen LogP contribution < -0.4 is 10.4 Å². The minimum absolute atomic E-state index is 0.0690. The molecule has 0 bridgehead atoms. The number of ether oxygens (including phenoxy) is 1. The standard InChI is InChI=1S/C22H20FN3O3/c23-11-13-25(22(27)28-16-17-4-2-1-3-5-17)20-8-6-18(7-9-20)19-10-12-26-21(14-19)15-24-29-26/h1-10,12,14-15,24H,11,13,16H2. The van der Waals surface area contributed by atoms with Crippen molar-refractivity contribution in [3.05, 3.63) is 96.0 Å². The zero-order valence-corrected chi connectivity index (χ0v) is 15.6. The molecule has 7 heteroatoms. The number of nitrogens with zero attached hydrogens (tertiary/aromatic N) is 2. The SMILES string of the molecule is O=C(OCc1ccccc1)N(CCF)c1ccc(C2=CC3=CNON3C=C2)cc1. The van der Waals surface area contributed by atoms with Crippen LogP contribution >= 0.6 is 0 Å². The number of hydrogen-bond donors (Lipinski definition) is 1. The van der Waals surface area contributed by atoms with Gasteiger partial charge in [0.05, 0.1) is 18.4 Å². The van der Waals surface area contributed by atoms with Crippen LogP contribution in [-0.2, 0) is 16.3 Å². The molecule has 0 fully saturated rings. The minimum Gasteiger partial charge on any atom is -0.444 e. The second-order valence-electron chi connectivity index (χ2n) is 6.45. The van der Waals surface area contributed by atoms with Crippen molar-refractivity contribution < 1.29 is 18.9 Å². The van der Waals surface area contributed by atoms with Gasteiger partial charge in [0, 0.05) is 11.9 Å². The largest absolute Gasteiger partial charge is 0.444 e. The molecular weight excluding hydrogens is 373 g/mol. The van der Waals surface area contributed by atoms with Crippen LogP contribution in [-0.4, -0.2) is 24.4 Å². The summed E-state index contributed by atoms with van der Waals surface area (Å²) in [6, 6.07) is 16.7. The topological polar surface area (TPSA) is 54.0 Å². The molecule has 0 aromatic heterocycles. The number of hydrogen-bond acceptors (Lipinski definition) is 5. The fraction of sp³-hybridized carbons (Fsp3) is 0.136. The molecule has 148 valence electrons. The Bertz CT molecular complexity index is 955. The molecule has 4 rings (SSSR count). The number of benzene rings is 2. The van der Waals surface area contributed by atoms with Gasteiger partial charge in [-0.15, -0.1) is 0 Å². The van der Waals surface area contributed by atoms with Crippen LogP contribution in [0.2, 0.25) is 0 Å². The minimum atomic E-state index is -0.660. The lowest BCUT2D eigenvalue weighted by molar-refractivity contribution is -0.112. The number of rotatable bonds is 6. The first kappa shape index (κ1) is 18.8. The summed E-state index contributed by atoms with van der Waals surface area (Å²) in [6.45, 7) is -0.590. The van der Waals surface area contributed by atoms with E-state index in [4.69, 9.17) is 9.68 Å². The summed E-state index contributed by atoms with van der Waals surface area (Å²) in [5, 5.41) is 1.61. The van der Waals surface area contributed by atoms with Gasteiger partial charge in [0.25, 0.3) is 0 Å². The number of allylic oxidation sites excluding steroid dienone is 3. The van der Waals surface area contributed by atoms with Crippen LogP contribution in [0.15, 0.2) is 84.8 Å². The maximum absolute atomic E-state index is 13.1. The predicted octanol–water partition coefficient (Wildman–Crippen LogP) is 4.30. The van der Waals surface area contributed by atoms with Crippen LogP contribution in [0.25, 0.3) is 5.57 Å². The number of hydroxylamine groups is 3. The second kappa shape index (κ2) is 8.62. The van der Waals surface area contributed by atoms with Gasteiger partial charge in [-0.1, -0.05) is 42.5 Å². The molecule has 2 aromatic rings. The van der Waals surface area contributed by atoms with E-state index in [0.717, 1.165) is 22.4 Å². The first-order chi connectivity index (χ1) is 14.2. The fourth-order valence-electron chi connectivity index (χ4n) is 3.06. The number of nitrogens with one attached hydrogen (secondary N) is 1. The van der Waals surface area contributed by atoms with Gasteiger partial charge in [-0.3, -0.25) is 4.90 Å². The van der Waals surface area contributed by atoms with E-state index in [-0.39, 0.29) is 13.2 Å². The van der Waals surface area contributed by atoms with Crippen molar-refractivity contribution in [2.75, 3.05) is 18.1 Å². The average Bonchev–Trinajstić information content (AvgIpc) is 3.25. The molecule has 6 nitrogen and oxygen atoms in total. The number of carbonyl (C=O) groups is 1. The van der Waals surface area contributed by atoms with Crippen molar-refractivity contribution in [2.24, 2.45) is 0 Å². The van der Waals surface area contributed by atoms with E-state index in [1.165, 1.54) is 4.90 Å². The van der Waals surface area contributed by atoms with Gasteiger partial charge >= 0.3 is 6.09 Å². The van der Waals surface area contributed by atoms with E-state index in [2.05, 4.69) is 5.48 Å². The predicted molar refractivity (Wildman–Crippen MR) is 108 cm³/mol. The van der Waals surface area contributed by atoms with Gasteiger partial charge in [-0.05, 0) is 41.0 Å². The molecule has 0 saturated heterocycles. The van der Waals surface area contributed by atoms with Crippen molar-refractivity contribution >= 4 is 17.4 Å². The Morgan fingerprint density at radius 3 is 2.69 bits per heavy atom. The van der Waals surface area contributed by atoms with Gasteiger partial charge in [0.15, 0.2) is 0 Å². The van der Waals surface area contributed by atoms with Crippen molar-refractivity contribution in [1.29, 1.82) is 0 Å². The molecular formula is C22H20FN3O3. The number of alkyl halides is 1. The maximum atomic E-state index is 13.1. The Labute approximate surface area is 168 Å². The molecule has 1 N–H and O–H groups in total. The number of fused-ring (bicyclic) bond motifs is 1. The third-order valence-electron chi connectivity index (χ3n) is 4.55. The normalized spacial score (nSPS) is 14.6. The smallest absolute Gasteiger partial charge is 0.414 e. The molecule has 0 aliphatic carbocycles. The van der Waals surface area contributed by atoms with Crippen LogP contribution in [0.4, 0.5) is 14.9 Å². The molecule has 0 saturated carbocycles. The first-order valence-corrected chi connectivity index (χ1v) is 9.21. The van der Waals surface area contributed by atoms with Crippen molar-refractivity contribution in [3.8, 4) is 0 Å². The number of anilines is 1. The molecule has 29 heavy (non-hydrogen) atoms. The first-order valence-electron chi connectivity index (χ1n) is 9.21. The highest BCUT2D eigenvalue weighted by atomic mass is 19.1. The number of carbonyl (C=O) groups excluding carboxylic acids is 1. The highest BCUT2D eigenvalue weighted by Gasteiger charge is 2.19. The average molecular weight is 393 g/mol. The lowest BCUT2D eigenvalue weighted by Crippen LogP contribution is -2.33. The van der Waals surface area contributed by atoms with Crippen molar-refractivity contribution in [1.82, 2.24) is 10.5 Å². The van der Waals surface area contributed by atoms with E-state index in [0.29, 0.717) is 5.69 Å². The highest BCUT2D eigenvalue weighted by molar-refractivity contribution is 5.88. The summed E-state index contributed by atoms with van der Waals surface area (Å²) >= 11 is 0. The Morgan fingerprint density at radius 2 is 1.93 bits per heavy atom. The van der Waals surface area contributed by atoms with Gasteiger partial charge in [-0.25, -0.2) is 19.7 Å². The van der Waals surface area contributed by atoms with E-state index < -0.39 is 12.8 Å². The molecule has 0 atom stereocenters. The summed E-state index contributed by atoms with van der Waals surface area (Å²) in [5.41, 5.74) is 6.99. The third kappa shape index (κ3) is 4.30. The summed E-state index contributed by atoms with van der Waals surface area (Å²) in [7, 11) is 0. The summed E-state index contributed by atoms with van der Waals surface area (Å²) in [6.07, 6.45) is 6.88. The highest BCUT2D eigenvalue weighted by Crippen LogP contribution is 2.28. The van der Waals surface area contributed by atoms with E-state index >= 15 is 0 Å². The molecule has 2 aromatic carbocycles. The van der Waals surface area contributed by atoms with Gasteiger partial charge in [-0.2, -0.15) is 4.94 Å². The fourth-order valence-corrected chi connectivity index (χ4v) is 3.06. The third-order valence-corrected chi connectivity index (χ3v) is 4.55. The molecule has 1 amide bonds. The zero-order valence-electron chi connectivity index (χ0n) is 15.6. The van der Waals surface area contributed by atoms with E-state index in [9.17, 15) is 9.18 Å². The summed E-state index contributed by atoms with van der Waals surface area (Å²) < 4.78 is 18.4. The number of halogens is 1.